The predicted molar refractivity (Wildman–Crippen MR) is 26.3 cm³/mol. The zero-order valence-electron chi connectivity index (χ0n) is 4.77. The van der Waals surface area contributed by atoms with E-state index in [0.29, 0.717) is 0 Å². The molecule has 0 aliphatic carbocycles. The van der Waals surface area contributed by atoms with Crippen molar-refractivity contribution in [2.75, 3.05) is 7.05 Å². The summed E-state index contributed by atoms with van der Waals surface area (Å²) >= 11 is 0. The SMILES string of the molecule is C[N+](C=O)(C=O)C(=O)O. The number of hydrogen-bond donors (Lipinski definition) is 1. The normalized spacial score (nSPS) is 10.3. The van der Waals surface area contributed by atoms with Gasteiger partial charge in [0, 0.05) is 0 Å². The Balaban J connectivity index is 4.46. The van der Waals surface area contributed by atoms with Crippen LogP contribution in [0.2, 0.25) is 0 Å². The highest BCUT2D eigenvalue weighted by Gasteiger charge is 2.30. The number of carbonyl (C=O) groups is 3. The predicted octanol–water partition coefficient (Wildman–Crippen LogP) is -0.576. The van der Waals surface area contributed by atoms with Gasteiger partial charge in [-0.1, -0.05) is 0 Å². The van der Waals surface area contributed by atoms with Crippen LogP contribution < -0.4 is 0 Å². The first-order valence-electron chi connectivity index (χ1n) is 2.09. The van der Waals surface area contributed by atoms with Crippen molar-refractivity contribution in [3.8, 4) is 0 Å². The number of hydrogen-bond acceptors (Lipinski definition) is 3. The van der Waals surface area contributed by atoms with E-state index in [9.17, 15) is 14.4 Å². The van der Waals surface area contributed by atoms with Gasteiger partial charge in [0.15, 0.2) is 0 Å². The van der Waals surface area contributed by atoms with E-state index in [-0.39, 0.29) is 12.8 Å². The van der Waals surface area contributed by atoms with Crippen molar-refractivity contribution in [1.82, 2.24) is 0 Å². The van der Waals surface area contributed by atoms with Crippen molar-refractivity contribution in [2.45, 2.75) is 0 Å². The molecule has 50 valence electrons. The van der Waals surface area contributed by atoms with Gasteiger partial charge in [0.05, 0.1) is 7.05 Å². The lowest BCUT2D eigenvalue weighted by Crippen LogP contribution is -2.45. The van der Waals surface area contributed by atoms with Crippen molar-refractivity contribution >= 4 is 18.9 Å². The third-order valence-corrected chi connectivity index (χ3v) is 0.850. The Labute approximate surface area is 51.1 Å². The molecule has 0 aromatic carbocycles. The summed E-state index contributed by atoms with van der Waals surface area (Å²) in [6.45, 7) is 0. The van der Waals surface area contributed by atoms with Gasteiger partial charge >= 0.3 is 18.9 Å². The van der Waals surface area contributed by atoms with E-state index in [2.05, 4.69) is 0 Å². The quantitative estimate of drug-likeness (QED) is 0.403. The van der Waals surface area contributed by atoms with E-state index in [0.717, 1.165) is 7.05 Å². The summed E-state index contributed by atoms with van der Waals surface area (Å²) in [4.78, 5) is 29.7. The van der Waals surface area contributed by atoms with Gasteiger partial charge in [0.1, 0.15) is 0 Å². The first kappa shape index (κ1) is 7.77. The molecular weight excluding hydrogens is 126 g/mol. The monoisotopic (exact) mass is 132 g/mol. The fraction of sp³-hybridized carbons (Fsp3) is 0.250. The van der Waals surface area contributed by atoms with Crippen LogP contribution in [-0.2, 0) is 9.59 Å². The number of imide groups is 3. The van der Waals surface area contributed by atoms with Crippen molar-refractivity contribution in [2.24, 2.45) is 0 Å². The van der Waals surface area contributed by atoms with Crippen LogP contribution in [-0.4, -0.2) is 35.6 Å². The standard InChI is InChI=1S/C4H5NO4/c1-5(2-6,3-7)4(8)9/h2-3H,1H3/p+1. The average Bonchev–Trinajstić information content (AvgIpc) is 1.86. The van der Waals surface area contributed by atoms with E-state index >= 15 is 0 Å². The third-order valence-electron chi connectivity index (χ3n) is 0.850. The van der Waals surface area contributed by atoms with Crippen LogP contribution in [0.3, 0.4) is 0 Å². The summed E-state index contributed by atoms with van der Waals surface area (Å²) in [7, 11) is 0.975. The van der Waals surface area contributed by atoms with Crippen LogP contribution in [0.5, 0.6) is 0 Å². The molecule has 0 saturated carbocycles. The number of carboxylic acid groups (broad SMARTS) is 1. The fourth-order valence-corrected chi connectivity index (χ4v) is 0.115. The molecule has 0 aliphatic heterocycles. The molecule has 0 radical (unpaired) electrons. The van der Waals surface area contributed by atoms with Crippen LogP contribution in [0.4, 0.5) is 4.79 Å². The highest BCUT2D eigenvalue weighted by molar-refractivity contribution is 5.77. The van der Waals surface area contributed by atoms with E-state index in [1.165, 1.54) is 0 Å². The minimum atomic E-state index is -1.49. The molecule has 0 aromatic heterocycles. The van der Waals surface area contributed by atoms with Crippen LogP contribution in [0.1, 0.15) is 0 Å². The molecule has 0 spiro atoms. The van der Waals surface area contributed by atoms with Crippen LogP contribution >= 0.6 is 0 Å². The van der Waals surface area contributed by atoms with Crippen LogP contribution in [0.25, 0.3) is 0 Å². The molecule has 0 aromatic rings. The second-order valence-corrected chi connectivity index (χ2v) is 1.64. The number of nitrogens with zero attached hydrogens (tertiary/aromatic N) is 1. The number of amides is 3. The Bertz CT molecular complexity index is 145. The maximum Gasteiger partial charge on any atom is 0.528 e. The zero-order chi connectivity index (χ0) is 7.49. The molecule has 3 amide bonds. The highest BCUT2D eigenvalue weighted by Crippen LogP contribution is 1.90. The largest absolute Gasteiger partial charge is 0.528 e. The number of rotatable bonds is 2. The van der Waals surface area contributed by atoms with Gasteiger partial charge < -0.3 is 5.11 Å². The molecule has 0 unspecified atom stereocenters. The molecule has 5 heteroatoms. The molecule has 0 atom stereocenters. The Morgan fingerprint density at radius 2 is 1.78 bits per heavy atom. The first-order valence-corrected chi connectivity index (χ1v) is 2.09. The summed E-state index contributed by atoms with van der Waals surface area (Å²) in [5.41, 5.74) is 0. The summed E-state index contributed by atoms with van der Waals surface area (Å²) in [5.74, 6) is 0. The first-order chi connectivity index (χ1) is 4.06. The Kier molecular flexibility index (Phi) is 2.04. The number of quaternary nitrogens is 1. The van der Waals surface area contributed by atoms with Gasteiger partial charge in [0.25, 0.3) is 0 Å². The summed E-state index contributed by atoms with van der Waals surface area (Å²) in [5, 5.41) is 8.14. The van der Waals surface area contributed by atoms with Gasteiger partial charge in [-0.25, -0.2) is 9.59 Å². The van der Waals surface area contributed by atoms with Crippen molar-refractivity contribution in [1.29, 1.82) is 0 Å². The molecule has 0 aliphatic rings. The molecule has 1 N–H and O–H groups in total. The smallest absolute Gasteiger partial charge is 0.435 e. The lowest BCUT2D eigenvalue weighted by Gasteiger charge is -2.08. The summed E-state index contributed by atoms with van der Waals surface area (Å²) in [6, 6.07) is 0. The van der Waals surface area contributed by atoms with Gasteiger partial charge in [-0.05, 0) is 0 Å². The van der Waals surface area contributed by atoms with E-state index < -0.39 is 10.6 Å². The topological polar surface area (TPSA) is 71.4 Å². The molecule has 9 heavy (non-hydrogen) atoms. The maximum absolute atomic E-state index is 9.99. The zero-order valence-corrected chi connectivity index (χ0v) is 4.77. The van der Waals surface area contributed by atoms with Gasteiger partial charge in [-0.3, -0.25) is 0 Å². The van der Waals surface area contributed by atoms with Crippen LogP contribution in [0, 0.1) is 0 Å². The van der Waals surface area contributed by atoms with Crippen molar-refractivity contribution < 1.29 is 24.0 Å². The molecule has 0 fully saturated rings. The van der Waals surface area contributed by atoms with Gasteiger partial charge in [-0.15, -0.1) is 4.48 Å². The van der Waals surface area contributed by atoms with Crippen LogP contribution in [0.15, 0.2) is 0 Å². The lowest BCUT2D eigenvalue weighted by molar-refractivity contribution is -0.660. The maximum atomic E-state index is 9.99. The highest BCUT2D eigenvalue weighted by atomic mass is 16.4. The Morgan fingerprint density at radius 3 is 1.78 bits per heavy atom. The number of carbonyl (C=O) groups excluding carboxylic acids is 2. The summed E-state index contributed by atoms with van der Waals surface area (Å²) < 4.78 is -1.25. The Hall–Kier alpha value is -1.23. The minimum Gasteiger partial charge on any atom is -0.435 e. The minimum absolute atomic E-state index is 0.0370. The molecule has 5 nitrogen and oxygen atoms in total. The molecule has 0 saturated heterocycles. The average molecular weight is 132 g/mol. The molecule has 0 heterocycles. The van der Waals surface area contributed by atoms with Crippen molar-refractivity contribution in [3.63, 3.8) is 0 Å². The fourth-order valence-electron chi connectivity index (χ4n) is 0.115. The van der Waals surface area contributed by atoms with Gasteiger partial charge in [0.2, 0.25) is 0 Å². The molecular formula is C4H6NO4+. The van der Waals surface area contributed by atoms with E-state index in [4.69, 9.17) is 5.11 Å². The second-order valence-electron chi connectivity index (χ2n) is 1.64. The van der Waals surface area contributed by atoms with E-state index in [1.54, 1.807) is 0 Å². The Morgan fingerprint density at radius 1 is 1.44 bits per heavy atom. The molecule has 0 bridgehead atoms. The van der Waals surface area contributed by atoms with Crippen molar-refractivity contribution in [3.05, 3.63) is 0 Å². The third kappa shape index (κ3) is 1.33. The second kappa shape index (κ2) is 2.36. The lowest BCUT2D eigenvalue weighted by atomic mass is 10.7. The molecule has 0 rings (SSSR count). The van der Waals surface area contributed by atoms with Gasteiger partial charge in [-0.2, -0.15) is 4.79 Å². The summed E-state index contributed by atoms with van der Waals surface area (Å²) in [6.07, 6.45) is -1.41. The van der Waals surface area contributed by atoms with E-state index in [1.807, 2.05) is 0 Å².